The largest absolute Gasteiger partial charge is 0.480 e. The van der Waals surface area contributed by atoms with Crippen molar-refractivity contribution in [3.05, 3.63) is 0 Å². The van der Waals surface area contributed by atoms with Crippen molar-refractivity contribution in [3.63, 3.8) is 0 Å². The third kappa shape index (κ3) is 5.67. The van der Waals surface area contributed by atoms with Gasteiger partial charge in [0.05, 0.1) is 0 Å². The van der Waals surface area contributed by atoms with E-state index in [0.29, 0.717) is 12.5 Å². The molecule has 0 aliphatic rings. The van der Waals surface area contributed by atoms with Crippen molar-refractivity contribution in [1.29, 1.82) is 0 Å². The average molecular weight is 232 g/mol. The Morgan fingerprint density at radius 3 is 2.38 bits per heavy atom. The van der Waals surface area contributed by atoms with E-state index in [-0.39, 0.29) is 6.42 Å². The quantitative estimate of drug-likeness (QED) is 0.442. The summed E-state index contributed by atoms with van der Waals surface area (Å²) in [6, 6.07) is -0.948. The van der Waals surface area contributed by atoms with Gasteiger partial charge in [-0.1, -0.05) is 20.3 Å². The summed E-state index contributed by atoms with van der Waals surface area (Å²) in [7, 11) is 0. The summed E-state index contributed by atoms with van der Waals surface area (Å²) in [4.78, 5) is 21.4. The standard InChI is InChI=1S/C10H20N2O4/c1-3-6(2)5-12-7(10(15)16)4-8(13)9(11)14/h6-8,12-13H,3-5H2,1-2H3,(H2,11,14)(H,15,16)/t6?,7-,8-/m0/s1. The number of primary amides is 1. The van der Waals surface area contributed by atoms with E-state index in [1.165, 1.54) is 0 Å². The summed E-state index contributed by atoms with van der Waals surface area (Å²) >= 11 is 0. The number of carbonyl (C=O) groups is 2. The fraction of sp³-hybridized carbons (Fsp3) is 0.800. The minimum Gasteiger partial charge on any atom is -0.480 e. The molecule has 6 heteroatoms. The molecular formula is C10H20N2O4. The molecule has 5 N–H and O–H groups in total. The minimum absolute atomic E-state index is 0.207. The summed E-state index contributed by atoms with van der Waals surface area (Å²) in [6.07, 6.45) is -0.704. The first-order chi connectivity index (χ1) is 7.38. The molecule has 0 fully saturated rings. The average Bonchev–Trinajstić information content (AvgIpc) is 2.22. The molecule has 1 amide bonds. The van der Waals surface area contributed by atoms with E-state index in [9.17, 15) is 14.7 Å². The van der Waals surface area contributed by atoms with Crippen molar-refractivity contribution in [2.75, 3.05) is 6.54 Å². The first-order valence-electron chi connectivity index (χ1n) is 5.32. The zero-order chi connectivity index (χ0) is 12.7. The number of rotatable bonds is 8. The number of hydrogen-bond acceptors (Lipinski definition) is 4. The van der Waals surface area contributed by atoms with Crippen LogP contribution in [0.3, 0.4) is 0 Å². The number of carbonyl (C=O) groups excluding carboxylic acids is 1. The number of aliphatic hydroxyl groups is 1. The molecule has 0 aliphatic carbocycles. The lowest BCUT2D eigenvalue weighted by molar-refractivity contribution is -0.141. The molecule has 0 aromatic heterocycles. The Morgan fingerprint density at radius 1 is 1.44 bits per heavy atom. The first kappa shape index (κ1) is 14.9. The lowest BCUT2D eigenvalue weighted by Crippen LogP contribution is -2.44. The van der Waals surface area contributed by atoms with Crippen molar-refractivity contribution in [1.82, 2.24) is 5.32 Å². The van der Waals surface area contributed by atoms with Crippen LogP contribution in [0.2, 0.25) is 0 Å². The van der Waals surface area contributed by atoms with E-state index in [1.54, 1.807) is 0 Å². The van der Waals surface area contributed by atoms with Crippen LogP contribution >= 0.6 is 0 Å². The van der Waals surface area contributed by atoms with Crippen molar-refractivity contribution in [3.8, 4) is 0 Å². The molecule has 0 aromatic carbocycles. The van der Waals surface area contributed by atoms with Crippen LogP contribution in [0, 0.1) is 5.92 Å². The molecule has 0 aliphatic heterocycles. The lowest BCUT2D eigenvalue weighted by Gasteiger charge is -2.18. The van der Waals surface area contributed by atoms with Crippen LogP contribution in [0.5, 0.6) is 0 Å². The Labute approximate surface area is 94.8 Å². The summed E-state index contributed by atoms with van der Waals surface area (Å²) in [5.74, 6) is -1.66. The number of aliphatic carboxylic acids is 1. The third-order valence-corrected chi connectivity index (χ3v) is 2.50. The second kappa shape index (κ2) is 7.19. The van der Waals surface area contributed by atoms with E-state index in [2.05, 4.69) is 5.32 Å². The van der Waals surface area contributed by atoms with Crippen LogP contribution in [0.25, 0.3) is 0 Å². The second-order valence-corrected chi connectivity index (χ2v) is 3.97. The van der Waals surface area contributed by atoms with Gasteiger partial charge in [-0.2, -0.15) is 0 Å². The van der Waals surface area contributed by atoms with Crippen LogP contribution in [-0.4, -0.2) is 40.8 Å². The van der Waals surface area contributed by atoms with E-state index in [1.807, 2.05) is 13.8 Å². The molecule has 0 heterocycles. The van der Waals surface area contributed by atoms with Gasteiger partial charge in [0.25, 0.3) is 0 Å². The summed E-state index contributed by atoms with van der Waals surface area (Å²) in [5, 5.41) is 20.8. The topological polar surface area (TPSA) is 113 Å². The molecule has 0 radical (unpaired) electrons. The molecule has 0 rings (SSSR count). The van der Waals surface area contributed by atoms with Crippen LogP contribution in [0.15, 0.2) is 0 Å². The Bertz CT molecular complexity index is 245. The van der Waals surface area contributed by atoms with Gasteiger partial charge >= 0.3 is 5.97 Å². The molecule has 0 aromatic rings. The Kier molecular flexibility index (Phi) is 6.67. The van der Waals surface area contributed by atoms with Gasteiger partial charge in [0.15, 0.2) is 0 Å². The van der Waals surface area contributed by atoms with Gasteiger partial charge in [-0.3, -0.25) is 9.59 Å². The van der Waals surface area contributed by atoms with Crippen LogP contribution in [0.4, 0.5) is 0 Å². The molecule has 0 saturated carbocycles. The van der Waals surface area contributed by atoms with Gasteiger partial charge in [0.1, 0.15) is 12.1 Å². The second-order valence-electron chi connectivity index (χ2n) is 3.97. The highest BCUT2D eigenvalue weighted by Crippen LogP contribution is 2.02. The Balaban J connectivity index is 4.18. The van der Waals surface area contributed by atoms with Crippen LogP contribution in [-0.2, 0) is 9.59 Å². The number of hydrogen-bond donors (Lipinski definition) is 4. The highest BCUT2D eigenvalue weighted by molar-refractivity contribution is 5.80. The molecular weight excluding hydrogens is 212 g/mol. The molecule has 0 bridgehead atoms. The predicted octanol–water partition coefficient (Wildman–Crippen LogP) is -0.688. The maximum absolute atomic E-state index is 10.8. The number of amides is 1. The number of nitrogens with one attached hydrogen (secondary N) is 1. The monoisotopic (exact) mass is 232 g/mol. The fourth-order valence-electron chi connectivity index (χ4n) is 1.10. The summed E-state index contributed by atoms with van der Waals surface area (Å²) < 4.78 is 0. The normalized spacial score (nSPS) is 16.4. The number of carboxylic acids is 1. The van der Waals surface area contributed by atoms with Gasteiger partial charge in [0, 0.05) is 6.42 Å². The molecule has 1 unspecified atom stereocenters. The van der Waals surface area contributed by atoms with Gasteiger partial charge in [-0.15, -0.1) is 0 Å². The van der Waals surface area contributed by atoms with Crippen molar-refractivity contribution in [2.45, 2.75) is 38.8 Å². The van der Waals surface area contributed by atoms with Gasteiger partial charge < -0.3 is 21.3 Å². The molecule has 16 heavy (non-hydrogen) atoms. The zero-order valence-corrected chi connectivity index (χ0v) is 9.64. The molecule has 94 valence electrons. The van der Waals surface area contributed by atoms with Crippen molar-refractivity contribution >= 4 is 11.9 Å². The van der Waals surface area contributed by atoms with E-state index in [4.69, 9.17) is 10.8 Å². The predicted molar refractivity (Wildman–Crippen MR) is 58.7 cm³/mol. The van der Waals surface area contributed by atoms with Crippen molar-refractivity contribution in [2.24, 2.45) is 11.7 Å². The van der Waals surface area contributed by atoms with Gasteiger partial charge in [-0.25, -0.2) is 0 Å². The highest BCUT2D eigenvalue weighted by atomic mass is 16.4. The van der Waals surface area contributed by atoms with Crippen LogP contribution < -0.4 is 11.1 Å². The molecule has 3 atom stereocenters. The van der Waals surface area contributed by atoms with Gasteiger partial charge in [-0.05, 0) is 12.5 Å². The van der Waals surface area contributed by atoms with Gasteiger partial charge in [0.2, 0.25) is 5.91 Å². The maximum atomic E-state index is 10.8. The van der Waals surface area contributed by atoms with E-state index in [0.717, 1.165) is 6.42 Å². The smallest absolute Gasteiger partial charge is 0.320 e. The SMILES string of the molecule is CCC(C)CN[C@@H](C[C@H](O)C(N)=O)C(=O)O. The third-order valence-electron chi connectivity index (χ3n) is 2.50. The number of aliphatic hydroxyl groups excluding tert-OH is 1. The van der Waals surface area contributed by atoms with Crippen molar-refractivity contribution < 1.29 is 19.8 Å². The number of carboxylic acid groups (broad SMARTS) is 1. The first-order valence-corrected chi connectivity index (χ1v) is 5.32. The highest BCUT2D eigenvalue weighted by Gasteiger charge is 2.23. The zero-order valence-electron chi connectivity index (χ0n) is 9.64. The summed E-state index contributed by atoms with van der Waals surface area (Å²) in [5.41, 5.74) is 4.86. The fourth-order valence-corrected chi connectivity index (χ4v) is 1.10. The maximum Gasteiger partial charge on any atom is 0.320 e. The van der Waals surface area contributed by atoms with Crippen LogP contribution in [0.1, 0.15) is 26.7 Å². The lowest BCUT2D eigenvalue weighted by atomic mass is 10.1. The van der Waals surface area contributed by atoms with E-state index >= 15 is 0 Å². The number of nitrogens with two attached hydrogens (primary N) is 1. The minimum atomic E-state index is -1.43. The molecule has 0 saturated heterocycles. The Hall–Kier alpha value is -1.14. The van der Waals surface area contributed by atoms with E-state index < -0.39 is 24.0 Å². The molecule has 6 nitrogen and oxygen atoms in total. The molecule has 0 spiro atoms. The summed E-state index contributed by atoms with van der Waals surface area (Å²) in [6.45, 7) is 4.51. The Morgan fingerprint density at radius 2 is 2.00 bits per heavy atom.